The first-order chi connectivity index (χ1) is 11.7. The van der Waals surface area contributed by atoms with Crippen molar-refractivity contribution in [3.63, 3.8) is 0 Å². The maximum absolute atomic E-state index is 13.1. The molecule has 3 aromatic carbocycles. The van der Waals surface area contributed by atoms with Crippen LogP contribution in [-0.2, 0) is 0 Å². The van der Waals surface area contributed by atoms with Crippen molar-refractivity contribution >= 4 is 21.7 Å². The van der Waals surface area contributed by atoms with E-state index in [-0.39, 0.29) is 11.7 Å². The predicted octanol–water partition coefficient (Wildman–Crippen LogP) is 5.47. The van der Waals surface area contributed by atoms with Crippen molar-refractivity contribution in [3.05, 3.63) is 100 Å². The summed E-state index contributed by atoms with van der Waals surface area (Å²) in [5.74, 6) is 0.523. The number of ether oxygens (including phenoxy) is 1. The van der Waals surface area contributed by atoms with Crippen LogP contribution in [0.5, 0.6) is 5.75 Å². The van der Waals surface area contributed by atoms with Crippen LogP contribution in [0.2, 0.25) is 0 Å². The van der Waals surface area contributed by atoms with Crippen molar-refractivity contribution in [3.8, 4) is 5.75 Å². The lowest BCUT2D eigenvalue weighted by molar-refractivity contribution is 0.0974. The van der Waals surface area contributed by atoms with Gasteiger partial charge in [-0.25, -0.2) is 0 Å². The van der Waals surface area contributed by atoms with Gasteiger partial charge in [-0.3, -0.25) is 4.79 Å². The van der Waals surface area contributed by atoms with E-state index in [0.29, 0.717) is 5.56 Å². The highest BCUT2D eigenvalue weighted by atomic mass is 79.9. The summed E-state index contributed by atoms with van der Waals surface area (Å²) in [6.07, 6.45) is 0. The van der Waals surface area contributed by atoms with Gasteiger partial charge in [0, 0.05) is 10.0 Å². The van der Waals surface area contributed by atoms with Gasteiger partial charge in [0.2, 0.25) is 0 Å². The molecule has 0 amide bonds. The summed E-state index contributed by atoms with van der Waals surface area (Å²) in [6.45, 7) is 0. The van der Waals surface area contributed by atoms with Gasteiger partial charge in [-0.2, -0.15) is 0 Å². The van der Waals surface area contributed by atoms with E-state index in [0.717, 1.165) is 21.3 Å². The van der Waals surface area contributed by atoms with Crippen LogP contribution in [-0.4, -0.2) is 12.9 Å². The van der Waals surface area contributed by atoms with Crippen molar-refractivity contribution in [2.45, 2.75) is 5.92 Å². The maximum atomic E-state index is 13.1. The van der Waals surface area contributed by atoms with E-state index in [1.807, 2.05) is 78.9 Å². The maximum Gasteiger partial charge on any atom is 0.174 e. The first kappa shape index (κ1) is 16.5. The molecule has 0 N–H and O–H groups in total. The highest BCUT2D eigenvalue weighted by molar-refractivity contribution is 9.10. The number of rotatable bonds is 5. The fraction of sp³-hybridized carbons (Fsp3) is 0.0952. The van der Waals surface area contributed by atoms with Crippen molar-refractivity contribution in [1.82, 2.24) is 0 Å². The lowest BCUT2D eigenvalue weighted by atomic mass is 9.85. The molecule has 1 unspecified atom stereocenters. The summed E-state index contributed by atoms with van der Waals surface area (Å²) >= 11 is 3.45. The lowest BCUT2D eigenvalue weighted by Gasteiger charge is -2.18. The molecule has 0 aromatic heterocycles. The van der Waals surface area contributed by atoms with Crippen molar-refractivity contribution in [1.29, 1.82) is 0 Å². The topological polar surface area (TPSA) is 26.3 Å². The minimum absolute atomic E-state index is 0.0862. The molecule has 2 nitrogen and oxygen atoms in total. The fourth-order valence-electron chi connectivity index (χ4n) is 2.72. The molecule has 0 aliphatic heterocycles. The predicted molar refractivity (Wildman–Crippen MR) is 99.8 cm³/mol. The molecule has 1 atom stereocenters. The van der Waals surface area contributed by atoms with Crippen LogP contribution in [0.25, 0.3) is 0 Å². The number of carbonyl (C=O) groups is 1. The van der Waals surface area contributed by atoms with E-state index in [2.05, 4.69) is 15.9 Å². The highest BCUT2D eigenvalue weighted by Crippen LogP contribution is 2.30. The van der Waals surface area contributed by atoms with E-state index >= 15 is 0 Å². The minimum atomic E-state index is -0.341. The average Bonchev–Trinajstić information content (AvgIpc) is 2.64. The molecule has 120 valence electrons. The SMILES string of the molecule is COc1ccc(C(C(=O)c2ccccc2)c2ccc(Br)cc2)cc1. The molecule has 0 heterocycles. The summed E-state index contributed by atoms with van der Waals surface area (Å²) < 4.78 is 6.22. The Bertz CT molecular complexity index is 809. The van der Waals surface area contributed by atoms with Gasteiger partial charge in [-0.15, -0.1) is 0 Å². The second-order valence-corrected chi connectivity index (χ2v) is 6.40. The molecule has 0 saturated heterocycles. The van der Waals surface area contributed by atoms with Gasteiger partial charge >= 0.3 is 0 Å². The first-order valence-electron chi connectivity index (χ1n) is 7.67. The Kier molecular flexibility index (Phi) is 5.11. The van der Waals surface area contributed by atoms with Crippen LogP contribution in [0.15, 0.2) is 83.3 Å². The van der Waals surface area contributed by atoms with Gasteiger partial charge in [0.25, 0.3) is 0 Å². The van der Waals surface area contributed by atoms with Gasteiger partial charge in [0.05, 0.1) is 13.0 Å². The minimum Gasteiger partial charge on any atom is -0.497 e. The molecule has 0 fully saturated rings. The number of halogens is 1. The molecule has 3 heteroatoms. The molecule has 3 rings (SSSR count). The Hall–Kier alpha value is -2.39. The smallest absolute Gasteiger partial charge is 0.174 e. The number of ketones is 1. The number of Topliss-reactive ketones (excluding diaryl/α,β-unsaturated/α-hetero) is 1. The van der Waals surface area contributed by atoms with Gasteiger partial charge in [0.15, 0.2) is 5.78 Å². The second kappa shape index (κ2) is 7.45. The molecule has 3 aromatic rings. The molecule has 0 aliphatic rings. The zero-order chi connectivity index (χ0) is 16.9. The third-order valence-corrected chi connectivity index (χ3v) is 4.50. The average molecular weight is 381 g/mol. The summed E-state index contributed by atoms with van der Waals surface area (Å²) in [5.41, 5.74) is 2.63. The molecular weight excluding hydrogens is 364 g/mol. The van der Waals surface area contributed by atoms with E-state index in [4.69, 9.17) is 4.74 Å². The summed E-state index contributed by atoms with van der Waals surface area (Å²) in [4.78, 5) is 13.1. The Morgan fingerprint density at radius 3 is 1.92 bits per heavy atom. The number of hydrogen-bond acceptors (Lipinski definition) is 2. The van der Waals surface area contributed by atoms with E-state index < -0.39 is 0 Å². The highest BCUT2D eigenvalue weighted by Gasteiger charge is 2.24. The van der Waals surface area contributed by atoms with E-state index in [1.165, 1.54) is 0 Å². The van der Waals surface area contributed by atoms with Gasteiger partial charge in [-0.1, -0.05) is 70.5 Å². The summed E-state index contributed by atoms with van der Waals surface area (Å²) in [6, 6.07) is 25.0. The zero-order valence-electron chi connectivity index (χ0n) is 13.3. The Balaban J connectivity index is 2.06. The van der Waals surface area contributed by atoms with Crippen LogP contribution in [0.4, 0.5) is 0 Å². The Labute approximate surface area is 150 Å². The van der Waals surface area contributed by atoms with Crippen LogP contribution >= 0.6 is 15.9 Å². The lowest BCUT2D eigenvalue weighted by Crippen LogP contribution is -2.14. The van der Waals surface area contributed by atoms with E-state index in [9.17, 15) is 4.79 Å². The van der Waals surface area contributed by atoms with Crippen molar-refractivity contribution in [2.24, 2.45) is 0 Å². The molecule has 24 heavy (non-hydrogen) atoms. The number of methoxy groups -OCH3 is 1. The van der Waals surface area contributed by atoms with Crippen LogP contribution in [0.3, 0.4) is 0 Å². The normalized spacial score (nSPS) is 11.8. The van der Waals surface area contributed by atoms with Crippen LogP contribution in [0, 0.1) is 0 Å². The number of hydrogen-bond donors (Lipinski definition) is 0. The van der Waals surface area contributed by atoms with Crippen LogP contribution < -0.4 is 4.74 Å². The zero-order valence-corrected chi connectivity index (χ0v) is 14.9. The summed E-state index contributed by atoms with van der Waals surface area (Å²) in [5, 5.41) is 0. The third-order valence-electron chi connectivity index (χ3n) is 3.97. The molecule has 0 radical (unpaired) electrons. The monoisotopic (exact) mass is 380 g/mol. The van der Waals surface area contributed by atoms with Crippen LogP contribution in [0.1, 0.15) is 27.4 Å². The van der Waals surface area contributed by atoms with Gasteiger partial charge in [0.1, 0.15) is 5.75 Å². The van der Waals surface area contributed by atoms with E-state index in [1.54, 1.807) is 7.11 Å². The standard InChI is InChI=1S/C21H17BrO2/c1-24-19-13-9-16(10-14-19)20(15-7-11-18(22)12-8-15)21(23)17-5-3-2-4-6-17/h2-14,20H,1H3. The number of carbonyl (C=O) groups excluding carboxylic acids is 1. The molecule has 0 saturated carbocycles. The number of benzene rings is 3. The Morgan fingerprint density at radius 1 is 0.833 bits per heavy atom. The van der Waals surface area contributed by atoms with Gasteiger partial charge < -0.3 is 4.74 Å². The quantitative estimate of drug-likeness (QED) is 0.548. The van der Waals surface area contributed by atoms with Gasteiger partial charge in [-0.05, 0) is 35.4 Å². The Morgan fingerprint density at radius 2 is 1.38 bits per heavy atom. The molecular formula is C21H17BrO2. The molecule has 0 bridgehead atoms. The second-order valence-electron chi connectivity index (χ2n) is 5.49. The van der Waals surface area contributed by atoms with Crippen molar-refractivity contribution in [2.75, 3.05) is 7.11 Å². The first-order valence-corrected chi connectivity index (χ1v) is 8.47. The fourth-order valence-corrected chi connectivity index (χ4v) is 2.98. The van der Waals surface area contributed by atoms with Crippen molar-refractivity contribution < 1.29 is 9.53 Å². The largest absolute Gasteiger partial charge is 0.497 e. The third kappa shape index (κ3) is 3.57. The molecule has 0 spiro atoms. The summed E-state index contributed by atoms with van der Waals surface area (Å²) in [7, 11) is 1.64. The molecule has 0 aliphatic carbocycles.